The molecule has 32 heavy (non-hydrogen) atoms. The van der Waals surface area contributed by atoms with Gasteiger partial charge in [-0.2, -0.15) is 0 Å². The molecule has 4 rings (SSSR count). The highest BCUT2D eigenvalue weighted by atomic mass is 35.5. The van der Waals surface area contributed by atoms with Crippen LogP contribution in [-0.4, -0.2) is 71.6 Å². The predicted molar refractivity (Wildman–Crippen MR) is 127 cm³/mol. The van der Waals surface area contributed by atoms with Crippen LogP contribution in [0.4, 0.5) is 0 Å². The number of allylic oxidation sites excluding steroid dienone is 1. The molecule has 1 aromatic carbocycles. The maximum absolute atomic E-state index is 13.1. The molecule has 1 saturated heterocycles. The summed E-state index contributed by atoms with van der Waals surface area (Å²) >= 11 is 7.77. The Morgan fingerprint density at radius 1 is 1.25 bits per heavy atom. The van der Waals surface area contributed by atoms with Crippen LogP contribution in [0.15, 0.2) is 51.6 Å². The number of fused-ring (bicyclic) bond motifs is 1. The third-order valence-corrected chi connectivity index (χ3v) is 6.97. The number of rotatable bonds is 5. The number of amidine groups is 1. The summed E-state index contributed by atoms with van der Waals surface area (Å²) in [7, 11) is 2.07. The number of amides is 1. The van der Waals surface area contributed by atoms with Gasteiger partial charge in [0.1, 0.15) is 0 Å². The molecule has 170 valence electrons. The summed E-state index contributed by atoms with van der Waals surface area (Å²) in [5, 5.41) is 3.30. The number of carbonyl (C=O) groups excluding carboxylic acids is 2. The molecule has 3 heterocycles. The zero-order valence-corrected chi connectivity index (χ0v) is 20.1. The summed E-state index contributed by atoms with van der Waals surface area (Å²) in [5.74, 6) is -0.320. The zero-order chi connectivity index (χ0) is 22.8. The van der Waals surface area contributed by atoms with Gasteiger partial charge < -0.3 is 19.4 Å². The van der Waals surface area contributed by atoms with Gasteiger partial charge in [-0.25, -0.2) is 9.79 Å². The molecule has 0 aliphatic carbocycles. The fourth-order valence-electron chi connectivity index (χ4n) is 4.15. The largest absolute Gasteiger partial charge is 0.463 e. The van der Waals surface area contributed by atoms with E-state index in [2.05, 4.69) is 16.9 Å². The Labute approximate surface area is 197 Å². The van der Waals surface area contributed by atoms with E-state index in [-0.39, 0.29) is 18.9 Å². The molecule has 7 nitrogen and oxygen atoms in total. The van der Waals surface area contributed by atoms with E-state index in [9.17, 15) is 9.59 Å². The lowest BCUT2D eigenvalue weighted by Crippen LogP contribution is -2.47. The van der Waals surface area contributed by atoms with Crippen molar-refractivity contribution >= 4 is 40.4 Å². The molecule has 0 saturated carbocycles. The highest BCUT2D eigenvalue weighted by Gasteiger charge is 2.41. The third-order valence-electron chi connectivity index (χ3n) is 5.85. The van der Waals surface area contributed by atoms with Gasteiger partial charge in [0, 0.05) is 36.9 Å². The maximum Gasteiger partial charge on any atom is 0.338 e. The number of likely N-dealkylation sites (N-methyl/N-ethyl adjacent to an activating group) is 1. The molecule has 9 heteroatoms. The lowest BCUT2D eigenvalue weighted by atomic mass is 9.94. The molecule has 3 aliphatic heterocycles. The first-order valence-electron chi connectivity index (χ1n) is 10.7. The number of benzene rings is 1. The van der Waals surface area contributed by atoms with E-state index >= 15 is 0 Å². The number of thioether (sulfide) groups is 1. The molecule has 0 aromatic heterocycles. The Morgan fingerprint density at radius 2 is 2.00 bits per heavy atom. The first-order chi connectivity index (χ1) is 15.4. The minimum atomic E-state index is -0.457. The lowest BCUT2D eigenvalue weighted by Gasteiger charge is -2.37. The van der Waals surface area contributed by atoms with Crippen molar-refractivity contribution in [1.29, 1.82) is 0 Å². The normalized spacial score (nSPS) is 21.3. The molecule has 1 fully saturated rings. The van der Waals surface area contributed by atoms with Crippen LogP contribution in [0.5, 0.6) is 0 Å². The van der Waals surface area contributed by atoms with Crippen LogP contribution in [0.3, 0.4) is 0 Å². The van der Waals surface area contributed by atoms with Crippen LogP contribution in [-0.2, 0) is 14.3 Å². The van der Waals surface area contributed by atoms with Gasteiger partial charge in [0.2, 0.25) is 5.91 Å². The van der Waals surface area contributed by atoms with Gasteiger partial charge in [0.15, 0.2) is 5.17 Å². The van der Waals surface area contributed by atoms with Crippen molar-refractivity contribution < 1.29 is 14.3 Å². The Balaban J connectivity index is 1.66. The van der Waals surface area contributed by atoms with E-state index in [1.54, 1.807) is 13.0 Å². The highest BCUT2D eigenvalue weighted by Crippen LogP contribution is 2.45. The quantitative estimate of drug-likeness (QED) is 0.607. The van der Waals surface area contributed by atoms with Crippen LogP contribution < -0.4 is 0 Å². The number of halogens is 1. The molecule has 1 amide bonds. The van der Waals surface area contributed by atoms with Crippen molar-refractivity contribution in [3.8, 4) is 0 Å². The second kappa shape index (κ2) is 9.68. The van der Waals surface area contributed by atoms with Gasteiger partial charge >= 0.3 is 5.97 Å². The van der Waals surface area contributed by atoms with E-state index in [0.717, 1.165) is 42.6 Å². The number of aliphatic imine (C=N–C) groups is 1. The van der Waals surface area contributed by atoms with Crippen LogP contribution in [0.25, 0.3) is 0 Å². The summed E-state index contributed by atoms with van der Waals surface area (Å²) < 4.78 is 5.37. The van der Waals surface area contributed by atoms with Gasteiger partial charge in [0.05, 0.1) is 30.3 Å². The van der Waals surface area contributed by atoms with E-state index < -0.39 is 12.0 Å². The molecule has 0 unspecified atom stereocenters. The second-order valence-corrected chi connectivity index (χ2v) is 9.30. The predicted octanol–water partition coefficient (Wildman–Crippen LogP) is 3.64. The van der Waals surface area contributed by atoms with Gasteiger partial charge in [-0.15, -0.1) is 0 Å². The van der Waals surface area contributed by atoms with E-state index in [1.165, 1.54) is 11.8 Å². The number of ether oxygens (including phenoxy) is 1. The van der Waals surface area contributed by atoms with E-state index in [4.69, 9.17) is 16.3 Å². The molecule has 0 bridgehead atoms. The van der Waals surface area contributed by atoms with Crippen LogP contribution in [0.1, 0.15) is 31.9 Å². The van der Waals surface area contributed by atoms with Gasteiger partial charge in [-0.1, -0.05) is 35.5 Å². The van der Waals surface area contributed by atoms with Crippen LogP contribution in [0.2, 0.25) is 5.02 Å². The monoisotopic (exact) mass is 474 g/mol. The highest BCUT2D eigenvalue weighted by molar-refractivity contribution is 8.16. The second-order valence-electron chi connectivity index (χ2n) is 8.03. The summed E-state index contributed by atoms with van der Waals surface area (Å²) in [5.41, 5.74) is 2.77. The van der Waals surface area contributed by atoms with Crippen LogP contribution in [0, 0.1) is 0 Å². The number of piperazine rings is 1. The standard InChI is InChI=1S/C23H27ClN4O3S/c1-4-31-22(30)20-15(2)25-23-28(21(20)16-6-5-7-17(24)12-16)18(14-32-23)13-19(29)27-10-8-26(3)9-11-27/h5-7,12,14,21H,4,8-11,13H2,1-3H3/t21-/m1/s1. The number of hydrogen-bond acceptors (Lipinski definition) is 7. The summed E-state index contributed by atoms with van der Waals surface area (Å²) in [4.78, 5) is 36.8. The molecule has 1 atom stereocenters. The van der Waals surface area contributed by atoms with Gasteiger partial charge in [-0.05, 0) is 44.0 Å². The number of hydrogen-bond donors (Lipinski definition) is 0. The number of carbonyl (C=O) groups is 2. The van der Waals surface area contributed by atoms with E-state index in [0.29, 0.717) is 16.3 Å². The lowest BCUT2D eigenvalue weighted by molar-refractivity contribution is -0.139. The first-order valence-corrected chi connectivity index (χ1v) is 12.0. The fraction of sp³-hybridized carbons (Fsp3) is 0.435. The molecular formula is C23H27ClN4O3S. The fourth-order valence-corrected chi connectivity index (χ4v) is 5.32. The van der Waals surface area contributed by atoms with Gasteiger partial charge in [-0.3, -0.25) is 4.79 Å². The van der Waals surface area contributed by atoms with Crippen molar-refractivity contribution in [3.05, 3.63) is 57.2 Å². The minimum absolute atomic E-state index is 0.0833. The summed E-state index contributed by atoms with van der Waals surface area (Å²) in [6.07, 6.45) is 0.252. The van der Waals surface area contributed by atoms with Crippen molar-refractivity contribution in [2.75, 3.05) is 39.8 Å². The average Bonchev–Trinajstić information content (AvgIpc) is 3.15. The summed E-state index contributed by atoms with van der Waals surface area (Å²) in [6, 6.07) is 7.00. The van der Waals surface area contributed by atoms with Crippen molar-refractivity contribution in [2.24, 2.45) is 4.99 Å². The average molecular weight is 475 g/mol. The minimum Gasteiger partial charge on any atom is -0.463 e. The molecule has 1 aromatic rings. The van der Waals surface area contributed by atoms with Crippen LogP contribution >= 0.6 is 23.4 Å². The number of nitrogens with zero attached hydrogens (tertiary/aromatic N) is 4. The van der Waals surface area contributed by atoms with Crippen molar-refractivity contribution in [3.63, 3.8) is 0 Å². The topological polar surface area (TPSA) is 65.5 Å². The van der Waals surface area contributed by atoms with Gasteiger partial charge in [0.25, 0.3) is 0 Å². The zero-order valence-electron chi connectivity index (χ0n) is 18.5. The third kappa shape index (κ3) is 4.58. The molecule has 0 spiro atoms. The molecule has 0 N–H and O–H groups in total. The maximum atomic E-state index is 13.1. The Hall–Kier alpha value is -2.29. The molecule has 3 aliphatic rings. The van der Waals surface area contributed by atoms with E-state index in [1.807, 2.05) is 40.3 Å². The summed E-state index contributed by atoms with van der Waals surface area (Å²) in [6.45, 7) is 7.07. The van der Waals surface area contributed by atoms with Crippen molar-refractivity contribution in [1.82, 2.24) is 14.7 Å². The molecular weight excluding hydrogens is 448 g/mol. The smallest absolute Gasteiger partial charge is 0.338 e. The Kier molecular flexibility index (Phi) is 6.93. The SMILES string of the molecule is CCOC(=O)C1=C(C)N=C2SC=C(CC(=O)N3CCN(C)CC3)N2[C@@H]1c1cccc(Cl)c1. The Morgan fingerprint density at radius 3 is 2.69 bits per heavy atom. The Bertz CT molecular complexity index is 1010. The number of esters is 1. The van der Waals surface area contributed by atoms with Crippen molar-refractivity contribution in [2.45, 2.75) is 26.3 Å². The molecule has 0 radical (unpaired) electrons. The first kappa shape index (κ1) is 22.9.